The Labute approximate surface area is 128 Å². The molecule has 0 radical (unpaired) electrons. The van der Waals surface area contributed by atoms with Crippen molar-refractivity contribution in [1.82, 2.24) is 9.38 Å². The Morgan fingerprint density at radius 2 is 2.21 bits per heavy atom. The number of fused-ring (bicyclic) bond motifs is 1. The lowest BCUT2D eigenvalue weighted by Gasteiger charge is -2.07. The second-order valence-corrected chi connectivity index (χ2v) is 6.03. The molecule has 6 heteroatoms. The second-order valence-electron chi connectivity index (χ2n) is 3.99. The Morgan fingerprint density at radius 3 is 3.00 bits per heavy atom. The molecule has 0 aliphatic rings. The lowest BCUT2D eigenvalue weighted by atomic mass is 10.3. The van der Waals surface area contributed by atoms with E-state index in [2.05, 4.69) is 27.6 Å². The fraction of sp³-hybridized carbons (Fsp3) is 0.154. The molecule has 0 amide bonds. The Hall–Kier alpha value is -1.12. The van der Waals surface area contributed by atoms with Crippen LogP contribution in [-0.4, -0.2) is 15.9 Å². The fourth-order valence-corrected chi connectivity index (χ4v) is 3.11. The van der Waals surface area contributed by atoms with E-state index in [0.29, 0.717) is 12.4 Å². The van der Waals surface area contributed by atoms with Crippen molar-refractivity contribution < 1.29 is 4.74 Å². The highest BCUT2D eigenvalue weighted by atomic mass is 127. The van der Waals surface area contributed by atoms with Gasteiger partial charge >= 0.3 is 0 Å². The first-order valence-electron chi connectivity index (χ1n) is 5.86. The fourth-order valence-electron chi connectivity index (χ4n) is 1.89. The van der Waals surface area contributed by atoms with E-state index in [9.17, 15) is 0 Å². The van der Waals surface area contributed by atoms with Gasteiger partial charge in [0.05, 0.1) is 9.26 Å². The van der Waals surface area contributed by atoms with E-state index in [0.717, 1.165) is 26.4 Å². The zero-order valence-electron chi connectivity index (χ0n) is 10.0. The smallest absolute Gasteiger partial charge is 0.242 e. The van der Waals surface area contributed by atoms with Crippen LogP contribution in [0.1, 0.15) is 5.69 Å². The van der Waals surface area contributed by atoms with Gasteiger partial charge in [-0.3, -0.25) is 4.40 Å². The van der Waals surface area contributed by atoms with Gasteiger partial charge in [0.1, 0.15) is 5.75 Å². The Bertz CT molecular complexity index is 707. The maximum Gasteiger partial charge on any atom is 0.242 e. The van der Waals surface area contributed by atoms with E-state index in [1.54, 1.807) is 11.3 Å². The molecule has 1 aromatic carbocycles. The molecule has 0 fully saturated rings. The molecule has 0 unspecified atom stereocenters. The van der Waals surface area contributed by atoms with Crippen molar-refractivity contribution in [2.75, 3.05) is 6.54 Å². The van der Waals surface area contributed by atoms with Crippen LogP contribution in [0.5, 0.6) is 11.6 Å². The Balaban J connectivity index is 2.02. The van der Waals surface area contributed by atoms with Gasteiger partial charge < -0.3 is 10.5 Å². The van der Waals surface area contributed by atoms with Crippen LogP contribution >= 0.6 is 33.9 Å². The summed E-state index contributed by atoms with van der Waals surface area (Å²) in [6, 6.07) is 7.90. The van der Waals surface area contributed by atoms with E-state index in [4.69, 9.17) is 10.5 Å². The molecule has 0 aliphatic carbocycles. The molecule has 0 spiro atoms. The topological polar surface area (TPSA) is 52.5 Å². The summed E-state index contributed by atoms with van der Waals surface area (Å²) in [4.78, 5) is 5.46. The first kappa shape index (κ1) is 12.9. The quantitative estimate of drug-likeness (QED) is 0.702. The molecular formula is C13H12IN3OS. The third-order valence-electron chi connectivity index (χ3n) is 2.75. The van der Waals surface area contributed by atoms with Gasteiger partial charge in [-0.25, -0.2) is 0 Å². The van der Waals surface area contributed by atoms with Crippen molar-refractivity contribution in [3.63, 3.8) is 0 Å². The van der Waals surface area contributed by atoms with Crippen LogP contribution < -0.4 is 10.5 Å². The molecule has 0 atom stereocenters. The van der Waals surface area contributed by atoms with Crippen molar-refractivity contribution in [1.29, 1.82) is 0 Å². The summed E-state index contributed by atoms with van der Waals surface area (Å²) in [5, 5.41) is 2.01. The number of aromatic nitrogens is 2. The summed E-state index contributed by atoms with van der Waals surface area (Å²) in [6.45, 7) is 0.575. The number of para-hydroxylation sites is 1. The van der Waals surface area contributed by atoms with Crippen molar-refractivity contribution in [3.05, 3.63) is 45.1 Å². The zero-order valence-corrected chi connectivity index (χ0v) is 13.0. The van der Waals surface area contributed by atoms with Crippen LogP contribution in [0.3, 0.4) is 0 Å². The normalized spacial score (nSPS) is 11.1. The van der Waals surface area contributed by atoms with Crippen LogP contribution in [0.4, 0.5) is 0 Å². The van der Waals surface area contributed by atoms with Gasteiger partial charge in [0.15, 0.2) is 4.96 Å². The molecule has 0 saturated heterocycles. The van der Waals surface area contributed by atoms with Gasteiger partial charge in [0.25, 0.3) is 0 Å². The molecular weight excluding hydrogens is 373 g/mol. The van der Waals surface area contributed by atoms with Gasteiger partial charge in [-0.05, 0) is 41.3 Å². The standard InChI is InChI=1S/C13H12IN3OS/c14-9-3-1-2-4-11(9)18-12-10(5-6-15)17-7-8-19-13(17)16-12/h1-4,7-8H,5-6,15H2. The third-order valence-corrected chi connectivity index (χ3v) is 4.40. The number of nitrogens with zero attached hydrogens (tertiary/aromatic N) is 2. The Kier molecular flexibility index (Phi) is 3.72. The molecule has 2 heterocycles. The van der Waals surface area contributed by atoms with Crippen LogP contribution in [0.25, 0.3) is 4.96 Å². The van der Waals surface area contributed by atoms with Gasteiger partial charge in [-0.15, -0.1) is 11.3 Å². The molecule has 0 saturated carbocycles. The summed E-state index contributed by atoms with van der Waals surface area (Å²) in [5.41, 5.74) is 6.70. The number of imidazole rings is 1. The van der Waals surface area contributed by atoms with E-state index in [-0.39, 0.29) is 0 Å². The minimum atomic E-state index is 0.575. The molecule has 98 valence electrons. The molecule has 3 aromatic rings. The average Bonchev–Trinajstić information content (AvgIpc) is 2.96. The van der Waals surface area contributed by atoms with E-state index in [1.165, 1.54) is 0 Å². The maximum atomic E-state index is 5.95. The SMILES string of the molecule is NCCc1c(Oc2ccccc2I)nc2sccn12. The van der Waals surface area contributed by atoms with Gasteiger partial charge in [-0.1, -0.05) is 12.1 Å². The molecule has 3 rings (SSSR count). The lowest BCUT2D eigenvalue weighted by Crippen LogP contribution is -2.05. The Morgan fingerprint density at radius 1 is 1.37 bits per heavy atom. The molecule has 0 aliphatic heterocycles. The number of hydrogen-bond donors (Lipinski definition) is 1. The number of hydrogen-bond acceptors (Lipinski definition) is 4. The second kappa shape index (κ2) is 5.48. The lowest BCUT2D eigenvalue weighted by molar-refractivity contribution is 0.456. The van der Waals surface area contributed by atoms with Crippen LogP contribution in [0.2, 0.25) is 0 Å². The number of benzene rings is 1. The third kappa shape index (κ3) is 2.47. The summed E-state index contributed by atoms with van der Waals surface area (Å²) in [5.74, 6) is 1.48. The molecule has 2 N–H and O–H groups in total. The largest absolute Gasteiger partial charge is 0.436 e. The minimum Gasteiger partial charge on any atom is -0.436 e. The van der Waals surface area contributed by atoms with Crippen molar-refractivity contribution in [2.24, 2.45) is 5.73 Å². The van der Waals surface area contributed by atoms with Crippen molar-refractivity contribution in [3.8, 4) is 11.6 Å². The zero-order chi connectivity index (χ0) is 13.2. The van der Waals surface area contributed by atoms with E-state index in [1.807, 2.05) is 40.2 Å². The van der Waals surface area contributed by atoms with Gasteiger partial charge in [0.2, 0.25) is 5.88 Å². The number of thiazole rings is 1. The average molecular weight is 385 g/mol. The highest BCUT2D eigenvalue weighted by Crippen LogP contribution is 2.30. The van der Waals surface area contributed by atoms with Crippen LogP contribution in [0.15, 0.2) is 35.8 Å². The number of nitrogens with two attached hydrogens (primary N) is 1. The highest BCUT2D eigenvalue weighted by molar-refractivity contribution is 14.1. The molecule has 19 heavy (non-hydrogen) atoms. The van der Waals surface area contributed by atoms with Crippen LogP contribution in [-0.2, 0) is 6.42 Å². The number of halogens is 1. The summed E-state index contributed by atoms with van der Waals surface area (Å²) in [7, 11) is 0. The predicted molar refractivity (Wildman–Crippen MR) is 85.1 cm³/mol. The van der Waals surface area contributed by atoms with E-state index < -0.39 is 0 Å². The van der Waals surface area contributed by atoms with Crippen LogP contribution in [0, 0.1) is 3.57 Å². The first-order valence-corrected chi connectivity index (χ1v) is 7.82. The number of ether oxygens (including phenoxy) is 1. The summed E-state index contributed by atoms with van der Waals surface area (Å²) in [6.07, 6.45) is 2.75. The van der Waals surface area contributed by atoms with Crippen molar-refractivity contribution >= 4 is 38.9 Å². The van der Waals surface area contributed by atoms with Gasteiger partial charge in [0, 0.05) is 18.0 Å². The minimum absolute atomic E-state index is 0.575. The summed E-state index contributed by atoms with van der Waals surface area (Å²) < 4.78 is 9.06. The monoisotopic (exact) mass is 385 g/mol. The summed E-state index contributed by atoms with van der Waals surface area (Å²) >= 11 is 3.85. The molecule has 4 nitrogen and oxygen atoms in total. The van der Waals surface area contributed by atoms with Crippen molar-refractivity contribution in [2.45, 2.75) is 6.42 Å². The van der Waals surface area contributed by atoms with E-state index >= 15 is 0 Å². The first-order chi connectivity index (χ1) is 9.29. The van der Waals surface area contributed by atoms with Gasteiger partial charge in [-0.2, -0.15) is 4.98 Å². The maximum absolute atomic E-state index is 5.95. The highest BCUT2D eigenvalue weighted by Gasteiger charge is 2.15. The predicted octanol–water partition coefficient (Wildman–Crippen LogP) is 3.29. The molecule has 0 bridgehead atoms. The molecule has 2 aromatic heterocycles. The number of rotatable bonds is 4.